The highest BCUT2D eigenvalue weighted by atomic mass is 14.1. The summed E-state index contributed by atoms with van der Waals surface area (Å²) in [6.45, 7) is 19.2. The minimum Gasteiger partial charge on any atom is -0.0683 e. The molecule has 0 saturated heterocycles. The molecule has 2 fully saturated rings. The van der Waals surface area contributed by atoms with Gasteiger partial charge in [-0.3, -0.25) is 0 Å². The quantitative estimate of drug-likeness (QED) is 0.418. The fraction of sp³-hybridized carbons (Fsp3) is 1.00. The summed E-state index contributed by atoms with van der Waals surface area (Å²) < 4.78 is 0. The zero-order valence-electron chi connectivity index (χ0n) is 17.8. The third kappa shape index (κ3) is 28.2. The molecule has 2 rings (SSSR count). The average molecular weight is 315 g/mol. The van der Waals surface area contributed by atoms with Crippen LogP contribution in [0.1, 0.15) is 127 Å². The van der Waals surface area contributed by atoms with Crippen molar-refractivity contribution in [2.75, 3.05) is 0 Å². The molecule has 2 saturated carbocycles. The molecule has 138 valence electrons. The molecule has 0 spiro atoms. The Labute approximate surface area is 144 Å². The Hall–Kier alpha value is 0. The van der Waals surface area contributed by atoms with Crippen molar-refractivity contribution in [3.8, 4) is 0 Å². The molecule has 0 N–H and O–H groups in total. The third-order valence-corrected chi connectivity index (χ3v) is 3.79. The first-order valence-electron chi connectivity index (χ1n) is 10.5. The van der Waals surface area contributed by atoms with Gasteiger partial charge < -0.3 is 0 Å². The summed E-state index contributed by atoms with van der Waals surface area (Å²) >= 11 is 0. The Bertz CT molecular complexity index is 129. The Balaban J connectivity index is -0.000000228. The van der Waals surface area contributed by atoms with Crippen LogP contribution in [0.3, 0.4) is 0 Å². The molecule has 2 aliphatic rings. The van der Waals surface area contributed by atoms with Gasteiger partial charge in [0.2, 0.25) is 0 Å². The predicted octanol–water partition coefficient (Wildman–Crippen LogP) is 8.89. The van der Waals surface area contributed by atoms with E-state index in [2.05, 4.69) is 34.6 Å². The Morgan fingerprint density at radius 1 is 0.500 bits per heavy atom. The van der Waals surface area contributed by atoms with Crippen LogP contribution in [-0.2, 0) is 0 Å². The molecule has 0 heterocycles. The van der Waals surface area contributed by atoms with Gasteiger partial charge in [-0.1, -0.05) is 127 Å². The second-order valence-electron chi connectivity index (χ2n) is 7.22. The van der Waals surface area contributed by atoms with Crippen LogP contribution in [0, 0.1) is 17.8 Å². The molecule has 0 radical (unpaired) electrons. The van der Waals surface area contributed by atoms with Crippen LogP contribution >= 0.6 is 0 Å². The van der Waals surface area contributed by atoms with E-state index in [1.54, 1.807) is 0 Å². The van der Waals surface area contributed by atoms with Crippen LogP contribution < -0.4 is 0 Å². The molecule has 2 aliphatic carbocycles. The van der Waals surface area contributed by atoms with Crippen molar-refractivity contribution in [3.05, 3.63) is 0 Å². The normalized spacial score (nSPS) is 18.3. The first-order chi connectivity index (χ1) is 10.5. The van der Waals surface area contributed by atoms with Gasteiger partial charge in [-0.25, -0.2) is 0 Å². The van der Waals surface area contributed by atoms with Gasteiger partial charge in [0.25, 0.3) is 0 Å². The van der Waals surface area contributed by atoms with Crippen molar-refractivity contribution in [1.82, 2.24) is 0 Å². The van der Waals surface area contributed by atoms with E-state index in [1.807, 2.05) is 27.7 Å². The summed E-state index contributed by atoms with van der Waals surface area (Å²) in [5.41, 5.74) is 0. The highest BCUT2D eigenvalue weighted by molar-refractivity contribution is 4.60. The van der Waals surface area contributed by atoms with Gasteiger partial charge in [0.05, 0.1) is 0 Å². The lowest BCUT2D eigenvalue weighted by Crippen LogP contribution is -1.99. The monoisotopic (exact) mass is 314 g/mol. The van der Waals surface area contributed by atoms with Crippen molar-refractivity contribution in [2.45, 2.75) is 127 Å². The highest BCUT2D eigenvalue weighted by Crippen LogP contribution is 2.22. The molecule has 0 aromatic carbocycles. The maximum atomic E-state index is 2.36. The second kappa shape index (κ2) is 23.3. The van der Waals surface area contributed by atoms with E-state index in [0.29, 0.717) is 0 Å². The van der Waals surface area contributed by atoms with E-state index >= 15 is 0 Å². The average Bonchev–Trinajstić information content (AvgIpc) is 2.53. The third-order valence-electron chi connectivity index (χ3n) is 3.79. The van der Waals surface area contributed by atoms with Gasteiger partial charge in [-0.2, -0.15) is 0 Å². The van der Waals surface area contributed by atoms with Crippen LogP contribution in [0.15, 0.2) is 0 Å². The molecule has 0 amide bonds. The van der Waals surface area contributed by atoms with Gasteiger partial charge >= 0.3 is 0 Å². The molecule has 0 nitrogen and oxygen atoms in total. The van der Waals surface area contributed by atoms with Crippen molar-refractivity contribution in [3.63, 3.8) is 0 Å². The van der Waals surface area contributed by atoms with Crippen molar-refractivity contribution in [2.24, 2.45) is 17.8 Å². The van der Waals surface area contributed by atoms with Crippen LogP contribution in [-0.4, -0.2) is 0 Å². The summed E-state index contributed by atoms with van der Waals surface area (Å²) in [6.07, 6.45) is 14.9. The number of hydrogen-bond donors (Lipinski definition) is 0. The summed E-state index contributed by atoms with van der Waals surface area (Å²) in [5.74, 6) is 2.91. The minimum absolute atomic E-state index is 0.833. The van der Waals surface area contributed by atoms with E-state index in [4.69, 9.17) is 0 Å². The lowest BCUT2D eigenvalue weighted by atomic mass is 9.91. The lowest BCUT2D eigenvalue weighted by Gasteiger charge is -2.15. The summed E-state index contributed by atoms with van der Waals surface area (Å²) in [5, 5.41) is 0. The largest absolute Gasteiger partial charge is 0.0683 e. The molecule has 0 bridgehead atoms. The highest BCUT2D eigenvalue weighted by Gasteiger charge is 2.06. The van der Waals surface area contributed by atoms with E-state index < -0.39 is 0 Å². The Morgan fingerprint density at radius 3 is 0.773 bits per heavy atom. The number of rotatable bonds is 0. The van der Waals surface area contributed by atoms with Crippen LogP contribution in [0.25, 0.3) is 0 Å². The van der Waals surface area contributed by atoms with Crippen LogP contribution in [0.4, 0.5) is 0 Å². The van der Waals surface area contributed by atoms with Crippen molar-refractivity contribution >= 4 is 0 Å². The van der Waals surface area contributed by atoms with Gasteiger partial charge in [0.1, 0.15) is 0 Å². The summed E-state index contributed by atoms with van der Waals surface area (Å²) in [7, 11) is 0. The van der Waals surface area contributed by atoms with Crippen molar-refractivity contribution in [1.29, 1.82) is 0 Å². The Kier molecular flexibility index (Phi) is 28.4. The summed E-state index contributed by atoms with van der Waals surface area (Å²) in [6, 6.07) is 0. The molecular formula is C22H50. The zero-order chi connectivity index (χ0) is 17.8. The lowest BCUT2D eigenvalue weighted by molar-refractivity contribution is 0.385. The van der Waals surface area contributed by atoms with Gasteiger partial charge in [0.15, 0.2) is 0 Å². The Morgan fingerprint density at radius 2 is 0.682 bits per heavy atom. The van der Waals surface area contributed by atoms with E-state index in [1.165, 1.54) is 64.2 Å². The first kappa shape index (κ1) is 26.9. The van der Waals surface area contributed by atoms with E-state index in [0.717, 1.165) is 17.8 Å². The van der Waals surface area contributed by atoms with Crippen LogP contribution in [0.5, 0.6) is 0 Å². The predicted molar refractivity (Wildman–Crippen MR) is 108 cm³/mol. The zero-order valence-corrected chi connectivity index (χ0v) is 17.8. The van der Waals surface area contributed by atoms with E-state index in [-0.39, 0.29) is 0 Å². The molecule has 22 heavy (non-hydrogen) atoms. The maximum Gasteiger partial charge on any atom is -0.0443 e. The minimum atomic E-state index is 0.833. The topological polar surface area (TPSA) is 0 Å². The fourth-order valence-corrected chi connectivity index (χ4v) is 2.61. The standard InChI is InChI=1S/2C7H14.C4H10.2C2H6/c2*1-7-5-3-2-4-6-7;1-4(2)3;2*1-2/h2*7H,2-6H2,1H3;4H,1-3H3;2*1-2H3. The van der Waals surface area contributed by atoms with Crippen molar-refractivity contribution < 1.29 is 0 Å². The molecule has 0 aromatic heterocycles. The molecule has 0 atom stereocenters. The van der Waals surface area contributed by atoms with Gasteiger partial charge in [-0.15, -0.1) is 0 Å². The second-order valence-corrected chi connectivity index (χ2v) is 7.22. The molecule has 0 aliphatic heterocycles. The molecular weight excluding hydrogens is 264 g/mol. The summed E-state index contributed by atoms with van der Waals surface area (Å²) in [4.78, 5) is 0. The number of hydrogen-bond acceptors (Lipinski definition) is 0. The van der Waals surface area contributed by atoms with Crippen LogP contribution in [0.2, 0.25) is 0 Å². The van der Waals surface area contributed by atoms with Gasteiger partial charge in [-0.05, 0) is 17.8 Å². The molecule has 0 unspecified atom stereocenters. The molecule has 0 aromatic rings. The first-order valence-corrected chi connectivity index (χ1v) is 10.5. The smallest absolute Gasteiger partial charge is 0.0443 e. The maximum absolute atomic E-state index is 2.36. The molecule has 0 heteroatoms. The van der Waals surface area contributed by atoms with Gasteiger partial charge in [0, 0.05) is 0 Å². The SMILES string of the molecule is CC.CC.CC(C)C.CC1CCCCC1.CC1CCCCC1. The van der Waals surface area contributed by atoms with E-state index in [9.17, 15) is 0 Å². The fourth-order valence-electron chi connectivity index (χ4n) is 2.61.